The molecule has 0 saturated carbocycles. The van der Waals surface area contributed by atoms with Gasteiger partial charge in [0, 0.05) is 6.42 Å². The van der Waals surface area contributed by atoms with E-state index in [1.54, 1.807) is 29.2 Å². The van der Waals surface area contributed by atoms with Crippen LogP contribution in [0.5, 0.6) is 5.75 Å². The highest BCUT2D eigenvalue weighted by molar-refractivity contribution is 5.77. The van der Waals surface area contributed by atoms with Crippen molar-refractivity contribution in [3.8, 4) is 5.75 Å². The minimum atomic E-state index is -0.959. The van der Waals surface area contributed by atoms with Crippen molar-refractivity contribution in [3.05, 3.63) is 29.8 Å². The van der Waals surface area contributed by atoms with Crippen LogP contribution in [0.1, 0.15) is 52.5 Å². The molecule has 0 spiro atoms. The molecule has 1 unspecified atom stereocenters. The summed E-state index contributed by atoms with van der Waals surface area (Å²) in [6.45, 7) is 8.49. The molecule has 1 heterocycles. The first-order valence-electron chi connectivity index (χ1n) is 8.79. The number of carbonyl (C=O) groups is 1. The Kier molecular flexibility index (Phi) is 8.79. The van der Waals surface area contributed by atoms with Gasteiger partial charge in [0.1, 0.15) is 12.5 Å². The topological polar surface area (TPSA) is 70.0 Å². The summed E-state index contributed by atoms with van der Waals surface area (Å²) < 4.78 is 5.22. The predicted octanol–water partition coefficient (Wildman–Crippen LogP) is 3.29. The second-order valence-electron chi connectivity index (χ2n) is 6.41. The molecule has 1 fully saturated rings. The van der Waals surface area contributed by atoms with Crippen LogP contribution in [-0.2, 0) is 16.0 Å². The van der Waals surface area contributed by atoms with Crippen molar-refractivity contribution >= 4 is 5.91 Å². The molecule has 1 aromatic carbocycles. The van der Waals surface area contributed by atoms with Gasteiger partial charge in [-0.05, 0) is 30.0 Å². The van der Waals surface area contributed by atoms with E-state index in [2.05, 4.69) is 20.8 Å². The molecule has 0 aliphatic carbocycles. The number of carbonyl (C=O) groups excluding carboxylic acids is 1. The zero-order valence-electron chi connectivity index (χ0n) is 15.2. The molecule has 1 amide bonds. The molecule has 3 atom stereocenters. The molecular weight excluding hydrogens is 306 g/mol. The Bertz CT molecular complexity index is 489. The van der Waals surface area contributed by atoms with Crippen LogP contribution in [0.15, 0.2) is 24.3 Å². The molecule has 1 aromatic rings. The molecule has 0 bridgehead atoms. The maximum atomic E-state index is 12.3. The molecule has 5 nitrogen and oxygen atoms in total. The lowest BCUT2D eigenvalue weighted by molar-refractivity contribution is -0.134. The number of ether oxygens (including phenoxy) is 1. The van der Waals surface area contributed by atoms with Crippen molar-refractivity contribution in [1.82, 2.24) is 4.90 Å². The molecule has 2 N–H and O–H groups in total. The van der Waals surface area contributed by atoms with Crippen molar-refractivity contribution in [2.75, 3.05) is 6.73 Å². The molecule has 1 aliphatic heterocycles. The molecule has 5 heteroatoms. The highest BCUT2D eigenvalue weighted by atomic mass is 16.6. The molecule has 1 aliphatic rings. The van der Waals surface area contributed by atoms with Gasteiger partial charge in [-0.25, -0.2) is 0 Å². The van der Waals surface area contributed by atoms with E-state index in [9.17, 15) is 15.0 Å². The van der Waals surface area contributed by atoms with Crippen LogP contribution in [0.4, 0.5) is 0 Å². The van der Waals surface area contributed by atoms with Crippen LogP contribution < -0.4 is 0 Å². The van der Waals surface area contributed by atoms with Gasteiger partial charge in [0.2, 0.25) is 5.91 Å². The van der Waals surface area contributed by atoms with Gasteiger partial charge >= 0.3 is 0 Å². The van der Waals surface area contributed by atoms with E-state index >= 15 is 0 Å². The van der Waals surface area contributed by atoms with Gasteiger partial charge < -0.3 is 19.8 Å². The SMILES string of the molecule is CCC.CCC(C)CC(=O)N1CO[C@@H](O)[C@@H]1Cc1ccc(O)cc1. The summed E-state index contributed by atoms with van der Waals surface area (Å²) >= 11 is 0. The van der Waals surface area contributed by atoms with Crippen molar-refractivity contribution in [1.29, 1.82) is 0 Å². The van der Waals surface area contributed by atoms with E-state index in [-0.39, 0.29) is 24.4 Å². The number of nitrogens with zero attached hydrogens (tertiary/aromatic N) is 1. The molecular formula is C19H31NO4. The Morgan fingerprint density at radius 2 is 1.88 bits per heavy atom. The lowest BCUT2D eigenvalue weighted by Crippen LogP contribution is -2.41. The van der Waals surface area contributed by atoms with E-state index < -0.39 is 6.29 Å². The third-order valence-corrected chi connectivity index (χ3v) is 4.04. The van der Waals surface area contributed by atoms with Crippen LogP contribution in [-0.4, -0.2) is 40.1 Å². The summed E-state index contributed by atoms with van der Waals surface area (Å²) in [6, 6.07) is 6.41. The molecule has 24 heavy (non-hydrogen) atoms. The lowest BCUT2D eigenvalue weighted by atomic mass is 10.0. The molecule has 136 valence electrons. The van der Waals surface area contributed by atoms with Gasteiger partial charge in [-0.1, -0.05) is 52.7 Å². The molecule has 2 rings (SSSR count). The van der Waals surface area contributed by atoms with Crippen LogP contribution in [0.2, 0.25) is 0 Å². The lowest BCUT2D eigenvalue weighted by Gasteiger charge is -2.25. The summed E-state index contributed by atoms with van der Waals surface area (Å²) in [7, 11) is 0. The minimum Gasteiger partial charge on any atom is -0.508 e. The third-order valence-electron chi connectivity index (χ3n) is 4.04. The number of aliphatic hydroxyl groups is 1. The quantitative estimate of drug-likeness (QED) is 0.865. The second kappa shape index (κ2) is 10.3. The van der Waals surface area contributed by atoms with Crippen LogP contribution >= 0.6 is 0 Å². The summed E-state index contributed by atoms with van der Waals surface area (Å²) in [4.78, 5) is 13.9. The normalized spacial score (nSPS) is 21.1. The Labute approximate surface area is 145 Å². The number of hydrogen-bond acceptors (Lipinski definition) is 4. The fourth-order valence-electron chi connectivity index (χ4n) is 2.42. The first-order chi connectivity index (χ1) is 11.4. The van der Waals surface area contributed by atoms with Gasteiger partial charge in [-0.15, -0.1) is 0 Å². The molecule has 0 aromatic heterocycles. The maximum Gasteiger partial charge on any atom is 0.225 e. The van der Waals surface area contributed by atoms with Crippen LogP contribution in [0, 0.1) is 5.92 Å². The van der Waals surface area contributed by atoms with Crippen LogP contribution in [0.3, 0.4) is 0 Å². The van der Waals surface area contributed by atoms with Crippen molar-refractivity contribution in [2.24, 2.45) is 5.92 Å². The third kappa shape index (κ3) is 6.13. The first kappa shape index (κ1) is 20.5. The maximum absolute atomic E-state index is 12.3. The highest BCUT2D eigenvalue weighted by Gasteiger charge is 2.36. The number of phenolic OH excluding ortho intramolecular Hbond substituents is 1. The van der Waals surface area contributed by atoms with Gasteiger partial charge in [-0.3, -0.25) is 4.79 Å². The smallest absolute Gasteiger partial charge is 0.225 e. The standard InChI is InChI=1S/C16H23NO4.C3H8/c1-3-11(2)8-15(19)17-10-21-16(20)14(17)9-12-4-6-13(18)7-5-12;1-3-2/h4-7,11,14,16,18,20H,3,8-10H2,1-2H3;3H2,1-2H3/t11?,14-,16+;/m0./s1. The Morgan fingerprint density at radius 1 is 1.29 bits per heavy atom. The number of aromatic hydroxyl groups is 1. The minimum absolute atomic E-state index is 0.0182. The first-order valence-corrected chi connectivity index (χ1v) is 8.79. The largest absolute Gasteiger partial charge is 0.508 e. The molecule has 0 radical (unpaired) electrons. The number of aliphatic hydroxyl groups excluding tert-OH is 1. The van der Waals surface area contributed by atoms with Crippen LogP contribution in [0.25, 0.3) is 0 Å². The average molecular weight is 337 g/mol. The van der Waals surface area contributed by atoms with Crippen molar-refractivity contribution in [3.63, 3.8) is 0 Å². The Morgan fingerprint density at radius 3 is 2.42 bits per heavy atom. The van der Waals surface area contributed by atoms with E-state index in [1.807, 2.05) is 6.92 Å². The fourth-order valence-corrected chi connectivity index (χ4v) is 2.42. The van der Waals surface area contributed by atoms with E-state index in [0.717, 1.165) is 12.0 Å². The summed E-state index contributed by atoms with van der Waals surface area (Å²) in [5.41, 5.74) is 0.948. The summed E-state index contributed by atoms with van der Waals surface area (Å²) in [6.07, 6.45) is 2.22. The van der Waals surface area contributed by atoms with Gasteiger partial charge in [0.25, 0.3) is 0 Å². The van der Waals surface area contributed by atoms with Gasteiger partial charge in [0.05, 0.1) is 6.04 Å². The fraction of sp³-hybridized carbons (Fsp3) is 0.632. The summed E-state index contributed by atoms with van der Waals surface area (Å²) in [5.74, 6) is 0.543. The van der Waals surface area contributed by atoms with Gasteiger partial charge in [0.15, 0.2) is 6.29 Å². The number of rotatable bonds is 5. The molecule has 1 saturated heterocycles. The van der Waals surface area contributed by atoms with E-state index in [0.29, 0.717) is 18.8 Å². The monoisotopic (exact) mass is 337 g/mol. The van der Waals surface area contributed by atoms with Crippen molar-refractivity contribution in [2.45, 2.75) is 65.7 Å². The predicted molar refractivity (Wildman–Crippen MR) is 94.4 cm³/mol. The average Bonchev–Trinajstić information content (AvgIpc) is 2.91. The number of benzene rings is 1. The van der Waals surface area contributed by atoms with Crippen molar-refractivity contribution < 1.29 is 19.7 Å². The van der Waals surface area contributed by atoms with E-state index in [4.69, 9.17) is 4.74 Å². The summed E-state index contributed by atoms with van der Waals surface area (Å²) in [5, 5.41) is 19.2. The number of phenols is 1. The Hall–Kier alpha value is -1.59. The second-order valence-corrected chi connectivity index (χ2v) is 6.41. The number of hydrogen-bond donors (Lipinski definition) is 2. The van der Waals surface area contributed by atoms with E-state index in [1.165, 1.54) is 6.42 Å². The Balaban J connectivity index is 0.000000891. The zero-order valence-corrected chi connectivity index (χ0v) is 15.2. The zero-order chi connectivity index (χ0) is 18.1. The number of amides is 1. The highest BCUT2D eigenvalue weighted by Crippen LogP contribution is 2.23. The van der Waals surface area contributed by atoms with Gasteiger partial charge in [-0.2, -0.15) is 0 Å².